The van der Waals surface area contributed by atoms with E-state index in [-0.39, 0.29) is 38.8 Å². The number of carbonyl (C=O) groups excluding carboxylic acids is 2. The van der Waals surface area contributed by atoms with Gasteiger partial charge in [0.15, 0.2) is 0 Å². The lowest BCUT2D eigenvalue weighted by atomic mass is 9.97. The Morgan fingerprint density at radius 3 is 1.69 bits per heavy atom. The third kappa shape index (κ3) is 11.0. The summed E-state index contributed by atoms with van der Waals surface area (Å²) in [4.78, 5) is 28.6. The molecular weight excluding hydrogens is 830 g/mol. The summed E-state index contributed by atoms with van der Waals surface area (Å²) in [5.74, 6) is -0.301. The molecule has 328 valence electrons. The van der Waals surface area contributed by atoms with Crippen molar-refractivity contribution in [3.8, 4) is 5.75 Å². The van der Waals surface area contributed by atoms with Crippen molar-refractivity contribution in [3.63, 3.8) is 0 Å². The fraction of sp³-hybridized carbons (Fsp3) is 0.245. The summed E-state index contributed by atoms with van der Waals surface area (Å²) in [6, 6.07) is 51.4. The Balaban J connectivity index is 1.14. The second-order valence-electron chi connectivity index (χ2n) is 15.6. The third-order valence-corrected chi connectivity index (χ3v) is 11.5. The van der Waals surface area contributed by atoms with E-state index in [1.165, 1.54) is 0 Å². The van der Waals surface area contributed by atoms with Gasteiger partial charge in [0.1, 0.15) is 30.2 Å². The number of rotatable bonds is 18. The van der Waals surface area contributed by atoms with Gasteiger partial charge in [0.05, 0.1) is 52.1 Å². The summed E-state index contributed by atoms with van der Waals surface area (Å²) in [7, 11) is 1.57. The molecule has 0 unspecified atom stereocenters. The highest BCUT2D eigenvalue weighted by molar-refractivity contribution is 6.30. The van der Waals surface area contributed by atoms with E-state index in [2.05, 4.69) is 0 Å². The second-order valence-corrected chi connectivity index (χ2v) is 16.0. The highest BCUT2D eigenvalue weighted by atomic mass is 35.5. The van der Waals surface area contributed by atoms with Crippen molar-refractivity contribution < 1.29 is 42.7 Å². The molecule has 6 aromatic carbocycles. The number of hydrogen-bond donors (Lipinski definition) is 0. The van der Waals surface area contributed by atoms with Crippen molar-refractivity contribution in [2.45, 2.75) is 70.5 Å². The number of benzene rings is 6. The average molecular weight is 880 g/mol. The molecule has 10 nitrogen and oxygen atoms in total. The first-order chi connectivity index (χ1) is 31.3. The predicted octanol–water partition coefficient (Wildman–Crippen LogP) is 10.1. The van der Waals surface area contributed by atoms with Gasteiger partial charge < -0.3 is 33.2 Å². The zero-order valence-electron chi connectivity index (χ0n) is 35.7. The third-order valence-electron chi connectivity index (χ3n) is 11.2. The highest BCUT2D eigenvalue weighted by Crippen LogP contribution is 2.34. The van der Waals surface area contributed by atoms with E-state index in [1.807, 2.05) is 140 Å². The molecular formula is C53H50ClNO9. The molecule has 2 heterocycles. The summed E-state index contributed by atoms with van der Waals surface area (Å²) >= 11 is 6.16. The molecule has 1 aliphatic heterocycles. The monoisotopic (exact) mass is 879 g/mol. The van der Waals surface area contributed by atoms with E-state index >= 15 is 0 Å². The number of halogens is 1. The second kappa shape index (κ2) is 21.5. The van der Waals surface area contributed by atoms with Gasteiger partial charge in [-0.25, -0.2) is 0 Å². The van der Waals surface area contributed by atoms with Crippen molar-refractivity contribution >= 4 is 34.4 Å². The molecule has 11 heteroatoms. The largest absolute Gasteiger partial charge is 0.497 e. The molecule has 0 radical (unpaired) electrons. The Labute approximate surface area is 378 Å². The van der Waals surface area contributed by atoms with Crippen LogP contribution < -0.4 is 4.74 Å². The Morgan fingerprint density at radius 1 is 0.625 bits per heavy atom. The van der Waals surface area contributed by atoms with Crippen LogP contribution in [0.15, 0.2) is 164 Å². The summed E-state index contributed by atoms with van der Waals surface area (Å²) < 4.78 is 47.0. The maximum atomic E-state index is 14.5. The molecule has 7 aromatic rings. The Kier molecular flexibility index (Phi) is 15.0. The Bertz CT molecular complexity index is 2590. The van der Waals surface area contributed by atoms with Gasteiger partial charge in [-0.05, 0) is 77.2 Å². The van der Waals surface area contributed by atoms with Crippen molar-refractivity contribution in [1.29, 1.82) is 0 Å². The van der Waals surface area contributed by atoms with Crippen LogP contribution in [0.4, 0.5) is 0 Å². The van der Waals surface area contributed by atoms with E-state index in [0.717, 1.165) is 22.3 Å². The maximum Gasteiger partial charge on any atom is 0.312 e. The number of hydrogen-bond acceptors (Lipinski definition) is 9. The summed E-state index contributed by atoms with van der Waals surface area (Å²) in [5.41, 5.74) is 6.03. The van der Waals surface area contributed by atoms with Gasteiger partial charge >= 0.3 is 5.97 Å². The fourth-order valence-electron chi connectivity index (χ4n) is 7.95. The Morgan fingerprint density at radius 2 is 1.14 bits per heavy atom. The highest BCUT2D eigenvalue weighted by Gasteiger charge is 2.50. The number of methoxy groups -OCH3 is 1. The van der Waals surface area contributed by atoms with E-state index in [0.29, 0.717) is 45.1 Å². The van der Waals surface area contributed by atoms with Crippen molar-refractivity contribution in [2.24, 2.45) is 0 Å². The summed E-state index contributed by atoms with van der Waals surface area (Å²) in [5, 5.41) is 1.18. The molecule has 1 aliphatic rings. The molecule has 0 spiro atoms. The van der Waals surface area contributed by atoms with E-state index in [1.54, 1.807) is 42.0 Å². The van der Waals surface area contributed by atoms with Gasteiger partial charge in [-0.3, -0.25) is 14.2 Å². The van der Waals surface area contributed by atoms with Gasteiger partial charge in [0.25, 0.3) is 5.91 Å². The molecule has 0 bridgehead atoms. The van der Waals surface area contributed by atoms with Gasteiger partial charge in [-0.15, -0.1) is 0 Å². The summed E-state index contributed by atoms with van der Waals surface area (Å²) in [6.45, 7) is 2.89. The number of esters is 1. The van der Waals surface area contributed by atoms with Crippen LogP contribution in [0.3, 0.4) is 0 Å². The zero-order valence-corrected chi connectivity index (χ0v) is 36.5. The minimum absolute atomic E-state index is 0.0954. The molecule has 1 aromatic heterocycles. The number of fused-ring (bicyclic) bond motifs is 1. The number of aromatic nitrogens is 1. The predicted molar refractivity (Wildman–Crippen MR) is 244 cm³/mol. The van der Waals surface area contributed by atoms with Gasteiger partial charge in [0, 0.05) is 21.7 Å². The lowest BCUT2D eigenvalue weighted by Gasteiger charge is -2.45. The maximum absolute atomic E-state index is 14.5. The zero-order chi connectivity index (χ0) is 44.3. The SMILES string of the molecule is COc1ccc2c(c1)c(CC(=O)O[C@H]1O[C@H](COCc3ccccc3)[C@@H](OCc3ccccc3)[C@H](OCc3ccccc3)[C@H]1OCc1ccccc1)c(C)n2C(=O)c1ccc(Cl)cc1. The van der Waals surface area contributed by atoms with Gasteiger partial charge in [0.2, 0.25) is 6.29 Å². The standard InChI is InChI=1S/C53H50ClNO9/c1-36-44(45-29-43(58-2)27-28-46(45)55(36)52(57)41-23-25-42(54)26-24-41)30-48(56)64-53-51(62-34-40-21-13-6-14-22-40)50(61-33-39-19-11-5-12-20-39)49(60-32-38-17-9-4-10-18-38)47(63-53)35-59-31-37-15-7-3-8-16-37/h3-29,47,49-51,53H,30-35H2,1-2H3/t47-,49-,50+,51-,53-/m1/s1. The van der Waals surface area contributed by atoms with Gasteiger partial charge in [-0.2, -0.15) is 0 Å². The quantitative estimate of drug-likeness (QED) is 0.0780. The van der Waals surface area contributed by atoms with Crippen LogP contribution in [0.1, 0.15) is 43.9 Å². The molecule has 5 atom stereocenters. The molecule has 8 rings (SSSR count). The number of ether oxygens (including phenoxy) is 7. The molecule has 0 N–H and O–H groups in total. The van der Waals surface area contributed by atoms with Crippen molar-refractivity contribution in [3.05, 3.63) is 208 Å². The fourth-order valence-corrected chi connectivity index (χ4v) is 8.08. The van der Waals surface area contributed by atoms with Crippen LogP contribution in [-0.2, 0) is 66.1 Å². The molecule has 0 aliphatic carbocycles. The smallest absolute Gasteiger partial charge is 0.312 e. The molecule has 1 saturated heterocycles. The molecule has 0 amide bonds. The minimum atomic E-state index is -1.25. The summed E-state index contributed by atoms with van der Waals surface area (Å²) in [6.07, 6.45) is -4.67. The van der Waals surface area contributed by atoms with E-state index in [4.69, 9.17) is 44.8 Å². The number of nitrogens with zero attached hydrogens (tertiary/aromatic N) is 1. The van der Waals surface area contributed by atoms with Crippen LogP contribution in [0, 0.1) is 6.92 Å². The minimum Gasteiger partial charge on any atom is -0.497 e. The van der Waals surface area contributed by atoms with Crippen LogP contribution in [0.5, 0.6) is 5.75 Å². The first-order valence-electron chi connectivity index (χ1n) is 21.3. The van der Waals surface area contributed by atoms with E-state index in [9.17, 15) is 9.59 Å². The van der Waals surface area contributed by atoms with Crippen molar-refractivity contribution in [2.75, 3.05) is 13.7 Å². The van der Waals surface area contributed by atoms with E-state index < -0.39 is 36.7 Å². The molecule has 64 heavy (non-hydrogen) atoms. The van der Waals surface area contributed by atoms with Gasteiger partial charge in [-0.1, -0.05) is 133 Å². The van der Waals surface area contributed by atoms with Crippen LogP contribution in [0.25, 0.3) is 10.9 Å². The first-order valence-corrected chi connectivity index (χ1v) is 21.6. The number of carbonyl (C=O) groups is 2. The normalized spacial score (nSPS) is 18.5. The topological polar surface area (TPSA) is 104 Å². The van der Waals surface area contributed by atoms with Crippen molar-refractivity contribution in [1.82, 2.24) is 4.57 Å². The lowest BCUT2D eigenvalue weighted by Crippen LogP contribution is -2.62. The molecule has 0 saturated carbocycles. The van der Waals surface area contributed by atoms with Crippen LogP contribution in [0.2, 0.25) is 5.02 Å². The average Bonchev–Trinajstić information content (AvgIpc) is 3.60. The lowest BCUT2D eigenvalue weighted by molar-refractivity contribution is -0.320. The van der Waals surface area contributed by atoms with Crippen LogP contribution >= 0.6 is 11.6 Å². The van der Waals surface area contributed by atoms with Crippen LogP contribution in [-0.4, -0.2) is 60.9 Å². The molecule has 1 fully saturated rings. The Hall–Kier alpha value is -6.11. The first kappa shape index (κ1) is 44.5.